The number of hydrogen-bond donors (Lipinski definition) is 0. The first kappa shape index (κ1) is 16.6. The van der Waals surface area contributed by atoms with E-state index in [9.17, 15) is 4.79 Å². The molecule has 2 aliphatic heterocycles. The molecule has 1 aromatic heterocycles. The lowest BCUT2D eigenvalue weighted by Crippen LogP contribution is -2.29. The van der Waals surface area contributed by atoms with E-state index in [1.54, 1.807) is 24.1 Å². The number of amides is 1. The molecular weight excluding hydrogens is 334 g/mol. The van der Waals surface area contributed by atoms with Crippen LogP contribution in [0.2, 0.25) is 0 Å². The second kappa shape index (κ2) is 7.14. The topological polar surface area (TPSA) is 61.1 Å². The zero-order chi connectivity index (χ0) is 17.9. The van der Waals surface area contributed by atoms with Crippen molar-refractivity contribution in [1.82, 2.24) is 4.90 Å². The molecule has 1 aromatic carbocycles. The van der Waals surface area contributed by atoms with Gasteiger partial charge in [0.1, 0.15) is 18.1 Å². The summed E-state index contributed by atoms with van der Waals surface area (Å²) in [6, 6.07) is 9.13. The highest BCUT2D eigenvalue weighted by Gasteiger charge is 2.31. The van der Waals surface area contributed by atoms with Gasteiger partial charge in [0.15, 0.2) is 11.5 Å². The van der Waals surface area contributed by atoms with Gasteiger partial charge in [0, 0.05) is 25.1 Å². The molecule has 6 heteroatoms. The normalized spacial score (nSPS) is 17.9. The molecule has 1 atom stereocenters. The van der Waals surface area contributed by atoms with E-state index in [1.165, 1.54) is 0 Å². The fourth-order valence-corrected chi connectivity index (χ4v) is 3.27. The summed E-state index contributed by atoms with van der Waals surface area (Å²) in [5, 5.41) is 0. The lowest BCUT2D eigenvalue weighted by Gasteiger charge is -2.20. The van der Waals surface area contributed by atoms with E-state index in [1.807, 2.05) is 18.2 Å². The fraction of sp³-hybridized carbons (Fsp3) is 0.350. The van der Waals surface area contributed by atoms with Gasteiger partial charge in [-0.05, 0) is 43.2 Å². The van der Waals surface area contributed by atoms with Gasteiger partial charge in [-0.15, -0.1) is 0 Å². The molecule has 134 valence electrons. The molecule has 3 heterocycles. The van der Waals surface area contributed by atoms with Crippen molar-refractivity contribution in [2.45, 2.75) is 25.5 Å². The highest BCUT2D eigenvalue weighted by atomic mass is 16.7. The second-order valence-electron chi connectivity index (χ2n) is 6.21. The Kier molecular flexibility index (Phi) is 4.55. The predicted molar refractivity (Wildman–Crippen MR) is 92.6 cm³/mol. The van der Waals surface area contributed by atoms with Gasteiger partial charge in [-0.2, -0.15) is 0 Å². The Morgan fingerprint density at radius 3 is 3.04 bits per heavy atom. The Hall–Kier alpha value is -2.91. The van der Waals surface area contributed by atoms with Gasteiger partial charge < -0.3 is 23.5 Å². The number of hydrogen-bond acceptors (Lipinski definition) is 5. The first-order chi connectivity index (χ1) is 12.7. The number of furan rings is 1. The molecule has 1 fully saturated rings. The number of ether oxygens (including phenoxy) is 3. The molecule has 6 nitrogen and oxygen atoms in total. The van der Waals surface area contributed by atoms with E-state index in [0.29, 0.717) is 24.7 Å². The van der Waals surface area contributed by atoms with Gasteiger partial charge in [0.2, 0.25) is 6.79 Å². The van der Waals surface area contributed by atoms with E-state index >= 15 is 0 Å². The molecule has 2 aliphatic rings. The van der Waals surface area contributed by atoms with Crippen molar-refractivity contribution in [3.63, 3.8) is 0 Å². The molecule has 0 N–H and O–H groups in total. The quantitative estimate of drug-likeness (QED) is 0.794. The van der Waals surface area contributed by atoms with Crippen molar-refractivity contribution in [3.05, 3.63) is 47.4 Å². The summed E-state index contributed by atoms with van der Waals surface area (Å²) in [6.45, 7) is 1.32. The minimum absolute atomic E-state index is 0.0702. The first-order valence-electron chi connectivity index (χ1n) is 8.54. The van der Waals surface area contributed by atoms with Crippen molar-refractivity contribution >= 4 is 5.91 Å². The van der Waals surface area contributed by atoms with Crippen LogP contribution in [0.25, 0.3) is 0 Å². The van der Waals surface area contributed by atoms with Crippen LogP contribution in [0.3, 0.4) is 0 Å². The minimum atomic E-state index is -0.199. The summed E-state index contributed by atoms with van der Waals surface area (Å²) >= 11 is 0. The summed E-state index contributed by atoms with van der Waals surface area (Å²) in [5.74, 6) is 8.36. The second-order valence-corrected chi connectivity index (χ2v) is 6.21. The number of carbonyl (C=O) groups is 1. The maximum atomic E-state index is 12.6. The number of carbonyl (C=O) groups excluding carboxylic acids is 1. The molecule has 0 aliphatic carbocycles. The van der Waals surface area contributed by atoms with E-state index in [-0.39, 0.29) is 18.7 Å². The van der Waals surface area contributed by atoms with Gasteiger partial charge in [0.05, 0.1) is 6.04 Å². The number of methoxy groups -OCH3 is 1. The highest BCUT2D eigenvalue weighted by Crippen LogP contribution is 2.34. The first-order valence-corrected chi connectivity index (χ1v) is 8.54. The van der Waals surface area contributed by atoms with E-state index in [2.05, 4.69) is 11.8 Å². The van der Waals surface area contributed by atoms with Gasteiger partial charge >= 0.3 is 0 Å². The number of benzene rings is 1. The number of likely N-dealkylation sites (tertiary alicyclic amines) is 1. The maximum Gasteiger partial charge on any atom is 0.299 e. The molecule has 1 amide bonds. The van der Waals surface area contributed by atoms with Gasteiger partial charge in [-0.25, -0.2) is 0 Å². The Balaban J connectivity index is 1.48. The molecule has 0 radical (unpaired) electrons. The van der Waals surface area contributed by atoms with E-state index < -0.39 is 0 Å². The molecule has 4 rings (SSSR count). The molecule has 1 saturated heterocycles. The third kappa shape index (κ3) is 3.26. The van der Waals surface area contributed by atoms with Crippen LogP contribution in [-0.4, -0.2) is 31.3 Å². The predicted octanol–water partition coefficient (Wildman–Crippen LogP) is 2.87. The molecule has 0 unspecified atom stereocenters. The molecule has 2 aromatic rings. The van der Waals surface area contributed by atoms with Crippen molar-refractivity contribution < 1.29 is 23.4 Å². The van der Waals surface area contributed by atoms with Crippen LogP contribution in [0.5, 0.6) is 11.5 Å². The smallest absolute Gasteiger partial charge is 0.299 e. The SMILES string of the molecule is COCc1ccc([C@@H]2CCCN2C(=O)C#Cc2ccc3c(c2)OCO3)o1. The van der Waals surface area contributed by atoms with E-state index in [4.69, 9.17) is 18.6 Å². The summed E-state index contributed by atoms with van der Waals surface area (Å²) in [7, 11) is 1.62. The summed E-state index contributed by atoms with van der Waals surface area (Å²) in [6.07, 6.45) is 1.81. The Morgan fingerprint density at radius 2 is 2.15 bits per heavy atom. The lowest BCUT2D eigenvalue weighted by atomic mass is 10.1. The van der Waals surface area contributed by atoms with Crippen molar-refractivity contribution in [3.8, 4) is 23.3 Å². The van der Waals surface area contributed by atoms with Crippen molar-refractivity contribution in [1.29, 1.82) is 0 Å². The van der Waals surface area contributed by atoms with Crippen LogP contribution in [-0.2, 0) is 16.1 Å². The van der Waals surface area contributed by atoms with Crippen LogP contribution < -0.4 is 9.47 Å². The minimum Gasteiger partial charge on any atom is -0.461 e. The van der Waals surface area contributed by atoms with Crippen LogP contribution in [0.4, 0.5) is 0 Å². The highest BCUT2D eigenvalue weighted by molar-refractivity contribution is 5.94. The largest absolute Gasteiger partial charge is 0.461 e. The fourth-order valence-electron chi connectivity index (χ4n) is 3.27. The average molecular weight is 353 g/mol. The van der Waals surface area contributed by atoms with E-state index in [0.717, 1.165) is 29.9 Å². The summed E-state index contributed by atoms with van der Waals surface area (Å²) < 4.78 is 21.5. The number of nitrogens with zero attached hydrogens (tertiary/aromatic N) is 1. The molecule has 0 saturated carbocycles. The zero-order valence-corrected chi connectivity index (χ0v) is 14.5. The summed E-state index contributed by atoms with van der Waals surface area (Å²) in [4.78, 5) is 14.4. The maximum absolute atomic E-state index is 12.6. The lowest BCUT2D eigenvalue weighted by molar-refractivity contribution is -0.126. The zero-order valence-electron chi connectivity index (χ0n) is 14.5. The van der Waals surface area contributed by atoms with Crippen LogP contribution in [0.15, 0.2) is 34.7 Å². The Morgan fingerprint density at radius 1 is 1.27 bits per heavy atom. The van der Waals surface area contributed by atoms with Gasteiger partial charge in [-0.1, -0.05) is 5.92 Å². The van der Waals surface area contributed by atoms with Gasteiger partial charge in [-0.3, -0.25) is 4.79 Å². The molecule has 0 bridgehead atoms. The number of rotatable bonds is 3. The van der Waals surface area contributed by atoms with Crippen molar-refractivity contribution in [2.75, 3.05) is 20.4 Å². The van der Waals surface area contributed by atoms with Crippen LogP contribution in [0.1, 0.15) is 36.0 Å². The molecule has 26 heavy (non-hydrogen) atoms. The van der Waals surface area contributed by atoms with Gasteiger partial charge in [0.25, 0.3) is 5.91 Å². The third-order valence-corrected chi connectivity index (χ3v) is 4.50. The number of fused-ring (bicyclic) bond motifs is 1. The summed E-state index contributed by atoms with van der Waals surface area (Å²) in [5.41, 5.74) is 0.721. The molecular formula is C20H19NO5. The Bertz CT molecular complexity index is 876. The van der Waals surface area contributed by atoms with Crippen LogP contribution >= 0.6 is 0 Å². The standard InChI is InChI=1S/C20H19NO5/c1-23-12-15-6-8-17(26-15)16-3-2-10-21(16)20(22)9-5-14-4-7-18-19(11-14)25-13-24-18/h4,6-8,11,16H,2-3,10,12-13H2,1H3/t16-/m0/s1. The Labute approximate surface area is 151 Å². The monoisotopic (exact) mass is 353 g/mol. The van der Waals surface area contributed by atoms with Crippen LogP contribution in [0, 0.1) is 11.8 Å². The van der Waals surface area contributed by atoms with Crippen molar-refractivity contribution in [2.24, 2.45) is 0 Å². The average Bonchev–Trinajstić information content (AvgIpc) is 3.38. The third-order valence-electron chi connectivity index (χ3n) is 4.50. The molecule has 0 spiro atoms.